The molecule has 66 valence electrons. The lowest BCUT2D eigenvalue weighted by molar-refractivity contribution is -0.139. The molecule has 0 saturated heterocycles. The highest BCUT2D eigenvalue weighted by molar-refractivity contribution is 5.72. The van der Waals surface area contributed by atoms with Crippen LogP contribution in [0.1, 0.15) is 13.3 Å². The molecule has 0 amide bonds. The molecule has 0 aliphatic rings. The minimum Gasteiger partial charge on any atom is -0.480 e. The van der Waals surface area contributed by atoms with Gasteiger partial charge in [-0.2, -0.15) is 0 Å². The molecule has 0 radical (unpaired) electrons. The molecule has 5 heteroatoms. The second kappa shape index (κ2) is 4.23. The van der Waals surface area contributed by atoms with Gasteiger partial charge in [0.15, 0.2) is 0 Å². The first kappa shape index (κ1) is 10.3. The van der Waals surface area contributed by atoms with E-state index in [0.717, 1.165) is 0 Å². The van der Waals surface area contributed by atoms with Gasteiger partial charge in [-0.05, 0) is 6.42 Å². The van der Waals surface area contributed by atoms with Gasteiger partial charge in [0.2, 0.25) is 6.43 Å². The van der Waals surface area contributed by atoms with E-state index in [4.69, 9.17) is 10.8 Å². The lowest BCUT2D eigenvalue weighted by atomic mass is 10.0. The first-order valence-corrected chi connectivity index (χ1v) is 3.21. The van der Waals surface area contributed by atoms with Crippen LogP contribution in [0.2, 0.25) is 0 Å². The maximum Gasteiger partial charge on any atom is 0.320 e. The Labute approximate surface area is 63.2 Å². The van der Waals surface area contributed by atoms with Gasteiger partial charge in [-0.25, -0.2) is 8.78 Å². The molecular formula is C6H11F2NO2. The molecule has 0 fully saturated rings. The van der Waals surface area contributed by atoms with E-state index in [1.807, 2.05) is 0 Å². The Hall–Kier alpha value is -0.710. The fraction of sp³-hybridized carbons (Fsp3) is 0.833. The minimum atomic E-state index is -2.50. The van der Waals surface area contributed by atoms with Crippen LogP contribution in [0.4, 0.5) is 8.78 Å². The molecule has 11 heavy (non-hydrogen) atoms. The van der Waals surface area contributed by atoms with Crippen LogP contribution in [0.5, 0.6) is 0 Å². The summed E-state index contributed by atoms with van der Waals surface area (Å²) in [5.74, 6) is -2.20. The Kier molecular flexibility index (Phi) is 3.95. The van der Waals surface area contributed by atoms with Crippen molar-refractivity contribution < 1.29 is 18.7 Å². The Morgan fingerprint density at radius 3 is 2.36 bits per heavy atom. The monoisotopic (exact) mass is 167 g/mol. The topological polar surface area (TPSA) is 63.3 Å². The van der Waals surface area contributed by atoms with Gasteiger partial charge in [-0.1, -0.05) is 6.92 Å². The lowest BCUT2D eigenvalue weighted by Gasteiger charge is -2.12. The van der Waals surface area contributed by atoms with Gasteiger partial charge in [0.1, 0.15) is 6.04 Å². The lowest BCUT2D eigenvalue weighted by Crippen LogP contribution is -2.33. The van der Waals surface area contributed by atoms with Crippen LogP contribution >= 0.6 is 0 Å². The number of carboxylic acid groups (broad SMARTS) is 1. The predicted molar refractivity (Wildman–Crippen MR) is 35.4 cm³/mol. The first-order valence-electron chi connectivity index (χ1n) is 3.21. The first-order chi connectivity index (χ1) is 4.95. The number of aliphatic carboxylic acids is 1. The van der Waals surface area contributed by atoms with Gasteiger partial charge in [0, 0.05) is 5.92 Å². The fourth-order valence-electron chi connectivity index (χ4n) is 0.604. The maximum absolute atomic E-state index is 11.8. The molecule has 2 atom stereocenters. The summed E-state index contributed by atoms with van der Waals surface area (Å²) in [5, 5.41) is 8.24. The van der Waals surface area contributed by atoms with Gasteiger partial charge >= 0.3 is 5.97 Å². The zero-order valence-corrected chi connectivity index (χ0v) is 6.13. The highest BCUT2D eigenvalue weighted by atomic mass is 19.3. The number of hydrogen-bond donors (Lipinski definition) is 2. The second-order valence-electron chi connectivity index (χ2n) is 2.49. The number of rotatable bonds is 4. The van der Waals surface area contributed by atoms with E-state index in [2.05, 4.69) is 0 Å². The van der Waals surface area contributed by atoms with Gasteiger partial charge in [-0.15, -0.1) is 0 Å². The molecular weight excluding hydrogens is 156 g/mol. The van der Waals surface area contributed by atoms with Crippen LogP contribution in [-0.2, 0) is 4.79 Å². The molecule has 0 aliphatic heterocycles. The van der Waals surface area contributed by atoms with Crippen molar-refractivity contribution in [3.05, 3.63) is 0 Å². The smallest absolute Gasteiger partial charge is 0.320 e. The zero-order chi connectivity index (χ0) is 9.02. The van der Waals surface area contributed by atoms with Gasteiger partial charge < -0.3 is 10.8 Å². The van der Waals surface area contributed by atoms with E-state index in [9.17, 15) is 13.6 Å². The summed E-state index contributed by atoms with van der Waals surface area (Å²) in [6.45, 7) is 1.27. The van der Waals surface area contributed by atoms with Crippen molar-refractivity contribution >= 4 is 5.97 Å². The Bertz CT molecular complexity index is 141. The maximum atomic E-state index is 11.8. The summed E-state index contributed by atoms with van der Waals surface area (Å²) in [6, 6.07) is -1.18. The summed E-state index contributed by atoms with van der Waals surface area (Å²) in [7, 11) is 0. The van der Waals surface area contributed by atoms with E-state index >= 15 is 0 Å². The molecule has 0 bridgehead atoms. The largest absolute Gasteiger partial charge is 0.480 e. The summed E-state index contributed by atoms with van der Waals surface area (Å²) in [5.41, 5.74) is 5.02. The average Bonchev–Trinajstić information content (AvgIpc) is 1.87. The molecule has 0 rings (SSSR count). The standard InChI is InChI=1S/C6H11F2NO2/c1-3(5(7)8)2-4(9)6(10)11/h3-5H,2,9H2,1H3,(H,10,11)/t3-,4+/m1/s1. The number of carboxylic acids is 1. The molecule has 0 saturated carbocycles. The number of halogens is 2. The summed E-state index contributed by atoms with van der Waals surface area (Å²) in [4.78, 5) is 10.1. The highest BCUT2D eigenvalue weighted by Gasteiger charge is 2.21. The second-order valence-corrected chi connectivity index (χ2v) is 2.49. The Balaban J connectivity index is 3.75. The molecule has 0 aliphatic carbocycles. The average molecular weight is 167 g/mol. The van der Waals surface area contributed by atoms with E-state index in [-0.39, 0.29) is 6.42 Å². The van der Waals surface area contributed by atoms with Crippen LogP contribution in [0.3, 0.4) is 0 Å². The van der Waals surface area contributed by atoms with E-state index in [1.165, 1.54) is 6.92 Å². The molecule has 0 aromatic carbocycles. The molecule has 3 N–H and O–H groups in total. The van der Waals surface area contributed by atoms with Gasteiger partial charge in [0.05, 0.1) is 0 Å². The molecule has 3 nitrogen and oxygen atoms in total. The predicted octanol–water partition coefficient (Wildman–Crippen LogP) is 0.690. The molecule has 0 aromatic heterocycles. The van der Waals surface area contributed by atoms with Crippen molar-refractivity contribution in [1.82, 2.24) is 0 Å². The molecule has 0 aromatic rings. The van der Waals surface area contributed by atoms with Crippen molar-refractivity contribution in [1.29, 1.82) is 0 Å². The SMILES string of the molecule is C[C@H](C[C@H](N)C(=O)O)C(F)F. The van der Waals surface area contributed by atoms with Crippen LogP contribution in [0.15, 0.2) is 0 Å². The third-order valence-electron chi connectivity index (χ3n) is 1.37. The van der Waals surface area contributed by atoms with Crippen molar-refractivity contribution in [2.75, 3.05) is 0 Å². The number of carbonyl (C=O) groups is 1. The van der Waals surface area contributed by atoms with E-state index in [0.29, 0.717) is 0 Å². The van der Waals surface area contributed by atoms with Crippen molar-refractivity contribution in [3.63, 3.8) is 0 Å². The third kappa shape index (κ3) is 3.87. The number of alkyl halides is 2. The van der Waals surface area contributed by atoms with Crippen LogP contribution in [-0.4, -0.2) is 23.5 Å². The van der Waals surface area contributed by atoms with Crippen LogP contribution < -0.4 is 5.73 Å². The van der Waals surface area contributed by atoms with Crippen LogP contribution in [0.25, 0.3) is 0 Å². The highest BCUT2D eigenvalue weighted by Crippen LogP contribution is 2.14. The Morgan fingerprint density at radius 2 is 2.09 bits per heavy atom. The van der Waals surface area contributed by atoms with E-state index in [1.54, 1.807) is 0 Å². The molecule has 0 heterocycles. The number of hydrogen-bond acceptors (Lipinski definition) is 2. The molecule has 0 unspecified atom stereocenters. The quantitative estimate of drug-likeness (QED) is 0.647. The number of nitrogens with two attached hydrogens (primary N) is 1. The van der Waals surface area contributed by atoms with Crippen LogP contribution in [0, 0.1) is 5.92 Å². The normalized spacial score (nSPS) is 16.5. The van der Waals surface area contributed by atoms with Gasteiger partial charge in [-0.3, -0.25) is 4.79 Å². The third-order valence-corrected chi connectivity index (χ3v) is 1.37. The minimum absolute atomic E-state index is 0.188. The van der Waals surface area contributed by atoms with Gasteiger partial charge in [0.25, 0.3) is 0 Å². The summed E-state index contributed by atoms with van der Waals surface area (Å²) < 4.78 is 23.6. The Morgan fingerprint density at radius 1 is 1.64 bits per heavy atom. The van der Waals surface area contributed by atoms with Crippen molar-refractivity contribution in [2.45, 2.75) is 25.8 Å². The van der Waals surface area contributed by atoms with Crippen molar-refractivity contribution in [2.24, 2.45) is 11.7 Å². The fourth-order valence-corrected chi connectivity index (χ4v) is 0.604. The van der Waals surface area contributed by atoms with E-state index < -0.39 is 24.4 Å². The zero-order valence-electron chi connectivity index (χ0n) is 6.13. The summed E-state index contributed by atoms with van der Waals surface area (Å²) in [6.07, 6.45) is -2.69. The van der Waals surface area contributed by atoms with Crippen molar-refractivity contribution in [3.8, 4) is 0 Å². The molecule has 0 spiro atoms. The summed E-state index contributed by atoms with van der Waals surface area (Å²) >= 11 is 0.